The molecule has 0 heterocycles. The van der Waals surface area contributed by atoms with Crippen molar-refractivity contribution in [3.05, 3.63) is 12.2 Å². The fraction of sp³-hybridized carbons (Fsp3) is 0.833. The van der Waals surface area contributed by atoms with Crippen molar-refractivity contribution in [3.63, 3.8) is 0 Å². The van der Waals surface area contributed by atoms with Gasteiger partial charge in [0.05, 0.1) is 0 Å². The molecule has 0 aromatic carbocycles. The highest BCUT2D eigenvalue weighted by atomic mass is 16.5. The van der Waals surface area contributed by atoms with Crippen LogP contribution >= 0.6 is 0 Å². The Labute approximate surface area is 125 Å². The van der Waals surface area contributed by atoms with Crippen molar-refractivity contribution in [2.75, 3.05) is 0 Å². The molecule has 0 aromatic heterocycles. The van der Waals surface area contributed by atoms with Gasteiger partial charge in [-0.2, -0.15) is 0 Å². The van der Waals surface area contributed by atoms with Crippen LogP contribution in [0.25, 0.3) is 0 Å². The average molecular weight is 280 g/mol. The Balaban J connectivity index is 2.46. The molecule has 2 heteroatoms. The molecule has 2 atom stereocenters. The molecule has 2 nitrogen and oxygen atoms in total. The summed E-state index contributed by atoms with van der Waals surface area (Å²) in [7, 11) is 0. The lowest BCUT2D eigenvalue weighted by molar-refractivity contribution is -0.147. The summed E-state index contributed by atoms with van der Waals surface area (Å²) in [6, 6.07) is 0. The highest BCUT2D eigenvalue weighted by Crippen LogP contribution is 2.19. The molecule has 20 heavy (non-hydrogen) atoms. The zero-order valence-electron chi connectivity index (χ0n) is 13.4. The Morgan fingerprint density at radius 3 is 2.25 bits per heavy atom. The van der Waals surface area contributed by atoms with E-state index in [1.165, 1.54) is 64.7 Å². The van der Waals surface area contributed by atoms with Crippen LogP contribution in [0.1, 0.15) is 84.5 Å². The third kappa shape index (κ3) is 9.17. The van der Waals surface area contributed by atoms with Gasteiger partial charge in [0.25, 0.3) is 0 Å². The number of rotatable bonds is 1. The van der Waals surface area contributed by atoms with Crippen LogP contribution in [0.3, 0.4) is 0 Å². The number of allylic oxidation sites excluding steroid dienone is 2. The summed E-state index contributed by atoms with van der Waals surface area (Å²) in [6.45, 7) is 3.75. The third-order valence-corrected chi connectivity index (χ3v) is 4.08. The van der Waals surface area contributed by atoms with Crippen molar-refractivity contribution in [1.82, 2.24) is 0 Å². The molecule has 0 saturated heterocycles. The van der Waals surface area contributed by atoms with Crippen LogP contribution in [0.2, 0.25) is 0 Å². The van der Waals surface area contributed by atoms with Gasteiger partial charge in [0.15, 0.2) is 0 Å². The van der Waals surface area contributed by atoms with Gasteiger partial charge in [-0.1, -0.05) is 57.6 Å². The first-order valence-electron chi connectivity index (χ1n) is 8.52. The third-order valence-electron chi connectivity index (χ3n) is 4.08. The Bertz CT molecular complexity index is 283. The summed E-state index contributed by atoms with van der Waals surface area (Å²) >= 11 is 0. The predicted molar refractivity (Wildman–Crippen MR) is 84.6 cm³/mol. The van der Waals surface area contributed by atoms with Crippen LogP contribution in [0.5, 0.6) is 0 Å². The maximum Gasteiger partial charge on any atom is 0.302 e. The first-order valence-corrected chi connectivity index (χ1v) is 8.52. The molecule has 0 radical (unpaired) electrons. The highest BCUT2D eigenvalue weighted by molar-refractivity contribution is 5.66. The molecule has 0 spiro atoms. The summed E-state index contributed by atoms with van der Waals surface area (Å²) in [5, 5.41) is 0. The van der Waals surface area contributed by atoms with Gasteiger partial charge in [-0.25, -0.2) is 0 Å². The average Bonchev–Trinajstić information content (AvgIpc) is 2.39. The molecule has 1 aliphatic rings. The minimum atomic E-state index is -0.135. The fourth-order valence-corrected chi connectivity index (χ4v) is 2.98. The summed E-state index contributed by atoms with van der Waals surface area (Å²) in [6.07, 6.45) is 18.5. The highest BCUT2D eigenvalue weighted by Gasteiger charge is 2.14. The number of hydrogen-bond acceptors (Lipinski definition) is 2. The lowest BCUT2D eigenvalue weighted by atomic mass is 9.98. The molecule has 0 aliphatic heterocycles. The van der Waals surface area contributed by atoms with Crippen molar-refractivity contribution < 1.29 is 9.53 Å². The number of hydrogen-bond donors (Lipinski definition) is 0. The van der Waals surface area contributed by atoms with Gasteiger partial charge in [0, 0.05) is 6.92 Å². The van der Waals surface area contributed by atoms with E-state index < -0.39 is 0 Å². The van der Waals surface area contributed by atoms with Crippen molar-refractivity contribution in [2.45, 2.75) is 90.6 Å². The predicted octanol–water partition coefficient (Wildman–Crippen LogP) is 5.42. The summed E-state index contributed by atoms with van der Waals surface area (Å²) in [5.41, 5.74) is 0. The summed E-state index contributed by atoms with van der Waals surface area (Å²) in [5.74, 6) is 0.369. The molecule has 116 valence electrons. The second-order valence-corrected chi connectivity index (χ2v) is 6.28. The Hall–Kier alpha value is -0.790. The first-order chi connectivity index (χ1) is 9.68. The normalized spacial score (nSPS) is 28.9. The molecule has 0 amide bonds. The van der Waals surface area contributed by atoms with E-state index in [2.05, 4.69) is 19.1 Å². The second kappa shape index (κ2) is 10.9. The van der Waals surface area contributed by atoms with Gasteiger partial charge in [-0.15, -0.1) is 0 Å². The van der Waals surface area contributed by atoms with E-state index in [4.69, 9.17) is 4.74 Å². The SMILES string of the molecule is CC(=O)OC1CCCCCCCCCC/C=C\[C@H](C)C1. The van der Waals surface area contributed by atoms with Gasteiger partial charge in [0.1, 0.15) is 6.10 Å². The Morgan fingerprint density at radius 2 is 1.60 bits per heavy atom. The molecule has 0 N–H and O–H groups in total. The molecule has 1 unspecified atom stereocenters. The number of carbonyl (C=O) groups excluding carboxylic acids is 1. The smallest absolute Gasteiger partial charge is 0.302 e. The van der Waals surface area contributed by atoms with Gasteiger partial charge in [-0.05, 0) is 38.0 Å². The Morgan fingerprint density at radius 1 is 1.00 bits per heavy atom. The lowest BCUT2D eigenvalue weighted by Crippen LogP contribution is -2.18. The standard InChI is InChI=1S/C18H32O2/c1-16-13-11-9-7-5-3-4-6-8-10-12-14-18(15-16)20-17(2)19/h11,13,16,18H,3-10,12,14-15H2,1-2H3/b13-11-/t16-,18?/m0/s1. The van der Waals surface area contributed by atoms with Gasteiger partial charge >= 0.3 is 5.97 Å². The van der Waals surface area contributed by atoms with E-state index in [9.17, 15) is 4.79 Å². The molecule has 1 rings (SSSR count). The quantitative estimate of drug-likeness (QED) is 0.474. The molecular weight excluding hydrogens is 248 g/mol. The van der Waals surface area contributed by atoms with E-state index in [0.717, 1.165) is 12.8 Å². The summed E-state index contributed by atoms with van der Waals surface area (Å²) in [4.78, 5) is 11.2. The number of carbonyl (C=O) groups is 1. The molecule has 0 bridgehead atoms. The van der Waals surface area contributed by atoms with E-state index in [-0.39, 0.29) is 12.1 Å². The van der Waals surface area contributed by atoms with Crippen LogP contribution in [0.4, 0.5) is 0 Å². The van der Waals surface area contributed by atoms with Crippen LogP contribution in [-0.2, 0) is 9.53 Å². The molecular formula is C18H32O2. The summed E-state index contributed by atoms with van der Waals surface area (Å²) < 4.78 is 5.47. The van der Waals surface area contributed by atoms with Crippen molar-refractivity contribution in [1.29, 1.82) is 0 Å². The van der Waals surface area contributed by atoms with Crippen molar-refractivity contribution in [3.8, 4) is 0 Å². The van der Waals surface area contributed by atoms with Gasteiger partial charge in [0.2, 0.25) is 0 Å². The zero-order valence-corrected chi connectivity index (χ0v) is 13.4. The maximum atomic E-state index is 11.2. The van der Waals surface area contributed by atoms with Crippen LogP contribution in [0.15, 0.2) is 12.2 Å². The van der Waals surface area contributed by atoms with Gasteiger partial charge in [-0.3, -0.25) is 4.79 Å². The largest absolute Gasteiger partial charge is 0.463 e. The number of ether oxygens (including phenoxy) is 1. The Kier molecular flexibility index (Phi) is 9.44. The van der Waals surface area contributed by atoms with Crippen molar-refractivity contribution >= 4 is 5.97 Å². The first kappa shape index (κ1) is 17.3. The fourth-order valence-electron chi connectivity index (χ4n) is 2.98. The van der Waals surface area contributed by atoms with Crippen LogP contribution < -0.4 is 0 Å². The zero-order chi connectivity index (χ0) is 14.6. The molecule has 0 saturated carbocycles. The number of esters is 1. The van der Waals surface area contributed by atoms with E-state index in [0.29, 0.717) is 5.92 Å². The second-order valence-electron chi connectivity index (χ2n) is 6.28. The van der Waals surface area contributed by atoms with E-state index in [1.807, 2.05) is 0 Å². The molecule has 1 aliphatic carbocycles. The molecule has 0 fully saturated rings. The van der Waals surface area contributed by atoms with E-state index in [1.54, 1.807) is 0 Å². The molecule has 0 aromatic rings. The van der Waals surface area contributed by atoms with E-state index >= 15 is 0 Å². The lowest BCUT2D eigenvalue weighted by Gasteiger charge is -2.19. The van der Waals surface area contributed by atoms with Crippen molar-refractivity contribution in [2.24, 2.45) is 5.92 Å². The van der Waals surface area contributed by atoms with Gasteiger partial charge < -0.3 is 4.74 Å². The van der Waals surface area contributed by atoms with Crippen LogP contribution in [-0.4, -0.2) is 12.1 Å². The monoisotopic (exact) mass is 280 g/mol. The topological polar surface area (TPSA) is 26.3 Å². The minimum Gasteiger partial charge on any atom is -0.463 e. The van der Waals surface area contributed by atoms with Crippen LogP contribution in [0, 0.1) is 5.92 Å². The maximum absolute atomic E-state index is 11.2. The minimum absolute atomic E-state index is 0.109.